The largest absolute Gasteiger partial charge is 0.361 e. The third-order valence-corrected chi connectivity index (χ3v) is 8.46. The molecule has 1 aliphatic heterocycles. The van der Waals surface area contributed by atoms with Gasteiger partial charge < -0.3 is 4.98 Å². The van der Waals surface area contributed by atoms with Gasteiger partial charge in [0.1, 0.15) is 6.04 Å². The van der Waals surface area contributed by atoms with Crippen LogP contribution in [0.2, 0.25) is 0 Å². The highest BCUT2D eigenvalue weighted by molar-refractivity contribution is 7.89. The summed E-state index contributed by atoms with van der Waals surface area (Å²) in [4.78, 5) is 28.6. The molecule has 0 saturated carbocycles. The molecule has 10 heteroatoms. The Morgan fingerprint density at radius 1 is 1.00 bits per heavy atom. The molecule has 3 aromatic carbocycles. The number of para-hydroxylation sites is 1. The number of fused-ring (bicyclic) bond motifs is 2. The molecule has 0 unspecified atom stereocenters. The lowest BCUT2D eigenvalue weighted by Gasteiger charge is -2.23. The summed E-state index contributed by atoms with van der Waals surface area (Å²) >= 11 is 4.43. The smallest absolute Gasteiger partial charge is 0.256 e. The lowest BCUT2D eigenvalue weighted by atomic mass is 10.1. The third kappa shape index (κ3) is 4.64. The molecule has 8 nitrogen and oxygen atoms in total. The summed E-state index contributed by atoms with van der Waals surface area (Å²) in [6.45, 7) is 0.0969. The van der Waals surface area contributed by atoms with Crippen molar-refractivity contribution < 1.29 is 18.0 Å². The van der Waals surface area contributed by atoms with Crippen LogP contribution in [0, 0.1) is 0 Å². The first-order valence-electron chi connectivity index (χ1n) is 11.2. The van der Waals surface area contributed by atoms with Gasteiger partial charge in [0.25, 0.3) is 5.91 Å². The highest BCUT2D eigenvalue weighted by Gasteiger charge is 2.43. The average Bonchev–Trinajstić information content (AvgIpc) is 3.46. The zero-order valence-electron chi connectivity index (χ0n) is 18.6. The van der Waals surface area contributed by atoms with E-state index in [1.54, 1.807) is 24.4 Å². The van der Waals surface area contributed by atoms with E-state index in [1.165, 1.54) is 0 Å². The summed E-state index contributed by atoms with van der Waals surface area (Å²) < 4.78 is 28.0. The Morgan fingerprint density at radius 2 is 1.74 bits per heavy atom. The Labute approximate surface area is 208 Å². The van der Waals surface area contributed by atoms with Crippen molar-refractivity contribution in [3.05, 3.63) is 78.5 Å². The van der Waals surface area contributed by atoms with E-state index in [1.807, 2.05) is 48.5 Å². The van der Waals surface area contributed by atoms with Gasteiger partial charge in [0.2, 0.25) is 15.9 Å². The number of rotatable bonds is 5. The predicted molar refractivity (Wildman–Crippen MR) is 137 cm³/mol. The first-order chi connectivity index (χ1) is 16.8. The van der Waals surface area contributed by atoms with Gasteiger partial charge in [0.15, 0.2) is 0 Å². The number of benzene rings is 3. The molecule has 1 fully saturated rings. The van der Waals surface area contributed by atoms with Crippen LogP contribution >= 0.6 is 12.6 Å². The number of nitrogens with zero attached hydrogens (tertiary/aromatic N) is 1. The van der Waals surface area contributed by atoms with E-state index < -0.39 is 27.9 Å². The van der Waals surface area contributed by atoms with E-state index in [-0.39, 0.29) is 29.5 Å². The SMILES string of the molecule is O=C(Cc1c[nH]c2ccccc12)NNC(=O)[C@@H]1C[C@@H](S)CN1S(=O)(=O)c1ccc2ccccc2c1. The molecule has 5 rings (SSSR count). The molecule has 1 aliphatic rings. The second-order valence-corrected chi connectivity index (χ2v) is 11.2. The topological polar surface area (TPSA) is 111 Å². The maximum Gasteiger partial charge on any atom is 0.256 e. The highest BCUT2D eigenvalue weighted by atomic mass is 32.2. The van der Waals surface area contributed by atoms with Gasteiger partial charge in [-0.1, -0.05) is 48.5 Å². The Balaban J connectivity index is 1.29. The third-order valence-electron chi connectivity index (χ3n) is 6.21. The number of carbonyl (C=O) groups excluding carboxylic acids is 2. The van der Waals surface area contributed by atoms with Gasteiger partial charge in [-0.15, -0.1) is 0 Å². The van der Waals surface area contributed by atoms with Crippen molar-refractivity contribution in [2.45, 2.75) is 29.0 Å². The van der Waals surface area contributed by atoms with Crippen LogP contribution in [0.25, 0.3) is 21.7 Å². The van der Waals surface area contributed by atoms with E-state index in [4.69, 9.17) is 0 Å². The second-order valence-electron chi connectivity index (χ2n) is 8.56. The standard InChI is InChI=1S/C25H24N4O4S2/c30-24(12-18-14-26-22-8-4-3-7-21(18)22)27-28-25(31)23-13-19(34)15-29(23)35(32,33)20-10-9-16-5-1-2-6-17(16)11-20/h1-11,14,19,23,26,34H,12-13,15H2,(H,27,30)(H,28,31)/t19-,23+/m1/s1. The van der Waals surface area contributed by atoms with Crippen LogP contribution in [0.5, 0.6) is 0 Å². The van der Waals surface area contributed by atoms with Gasteiger partial charge in [0.05, 0.1) is 11.3 Å². The first-order valence-corrected chi connectivity index (χ1v) is 13.1. The number of sulfonamides is 1. The molecule has 1 aromatic heterocycles. The molecule has 0 spiro atoms. The maximum absolute atomic E-state index is 13.4. The van der Waals surface area contributed by atoms with Crippen molar-refractivity contribution in [1.82, 2.24) is 20.1 Å². The van der Waals surface area contributed by atoms with Gasteiger partial charge in [-0.25, -0.2) is 8.42 Å². The maximum atomic E-state index is 13.4. The first kappa shape index (κ1) is 23.4. The number of nitrogens with one attached hydrogen (secondary N) is 3. The van der Waals surface area contributed by atoms with Crippen LogP contribution in [0.1, 0.15) is 12.0 Å². The molecule has 2 atom stereocenters. The van der Waals surface area contributed by atoms with Crippen LogP contribution < -0.4 is 10.9 Å². The van der Waals surface area contributed by atoms with Crippen molar-refractivity contribution in [3.8, 4) is 0 Å². The fourth-order valence-corrected chi connectivity index (χ4v) is 6.63. The molecule has 1 saturated heterocycles. The number of amides is 2. The van der Waals surface area contributed by atoms with Gasteiger partial charge in [0, 0.05) is 28.9 Å². The van der Waals surface area contributed by atoms with E-state index in [0.29, 0.717) is 0 Å². The molecule has 2 amide bonds. The van der Waals surface area contributed by atoms with Crippen molar-refractivity contribution in [2.24, 2.45) is 0 Å². The number of thiol groups is 1. The molecule has 2 heterocycles. The predicted octanol–water partition coefficient (Wildman–Crippen LogP) is 2.77. The summed E-state index contributed by atoms with van der Waals surface area (Å²) in [6, 6.07) is 19.0. The van der Waals surface area contributed by atoms with Crippen LogP contribution in [0.3, 0.4) is 0 Å². The average molecular weight is 509 g/mol. The van der Waals surface area contributed by atoms with Gasteiger partial charge in [-0.2, -0.15) is 16.9 Å². The van der Waals surface area contributed by atoms with Crippen LogP contribution in [-0.2, 0) is 26.0 Å². The highest BCUT2D eigenvalue weighted by Crippen LogP contribution is 2.30. The van der Waals surface area contributed by atoms with E-state index in [2.05, 4.69) is 28.5 Å². The van der Waals surface area contributed by atoms with Crippen LogP contribution in [0.15, 0.2) is 77.8 Å². The van der Waals surface area contributed by atoms with Crippen molar-refractivity contribution in [2.75, 3.05) is 6.54 Å². The van der Waals surface area contributed by atoms with Gasteiger partial charge in [-0.3, -0.25) is 20.4 Å². The molecule has 180 valence electrons. The molecule has 0 bridgehead atoms. The van der Waals surface area contributed by atoms with Crippen molar-refractivity contribution >= 4 is 56.1 Å². The number of hydrogen-bond donors (Lipinski definition) is 4. The summed E-state index contributed by atoms with van der Waals surface area (Å²) in [5.74, 6) is -1.01. The molecule has 0 radical (unpaired) electrons. The number of hydrogen-bond acceptors (Lipinski definition) is 5. The summed E-state index contributed by atoms with van der Waals surface area (Å²) in [5, 5.41) is 2.34. The Morgan fingerprint density at radius 3 is 2.57 bits per heavy atom. The number of carbonyl (C=O) groups is 2. The molecule has 0 aliphatic carbocycles. The van der Waals surface area contributed by atoms with Crippen molar-refractivity contribution in [1.29, 1.82) is 0 Å². The summed E-state index contributed by atoms with van der Waals surface area (Å²) in [7, 11) is -3.95. The minimum absolute atomic E-state index is 0.0588. The fourth-order valence-electron chi connectivity index (χ4n) is 4.46. The molecule has 4 aromatic rings. The number of aromatic amines is 1. The van der Waals surface area contributed by atoms with Crippen LogP contribution in [-0.4, -0.2) is 47.4 Å². The van der Waals surface area contributed by atoms with Crippen molar-refractivity contribution in [3.63, 3.8) is 0 Å². The normalized spacial score (nSPS) is 18.7. The second kappa shape index (κ2) is 9.37. The zero-order chi connectivity index (χ0) is 24.6. The van der Waals surface area contributed by atoms with E-state index >= 15 is 0 Å². The lowest BCUT2D eigenvalue weighted by molar-refractivity contribution is -0.130. The summed E-state index contributed by atoms with van der Waals surface area (Å²) in [5.41, 5.74) is 6.53. The molecule has 35 heavy (non-hydrogen) atoms. The lowest BCUT2D eigenvalue weighted by Crippen LogP contribution is -2.51. The quantitative estimate of drug-likeness (QED) is 0.245. The Kier molecular flexibility index (Phi) is 6.26. The number of H-pyrrole nitrogens is 1. The van der Waals surface area contributed by atoms with Gasteiger partial charge >= 0.3 is 0 Å². The zero-order valence-corrected chi connectivity index (χ0v) is 20.4. The Hall–Kier alpha value is -3.34. The molecular weight excluding hydrogens is 484 g/mol. The Bertz CT molecular complexity index is 1530. The number of aromatic nitrogens is 1. The van der Waals surface area contributed by atoms with E-state index in [9.17, 15) is 18.0 Å². The van der Waals surface area contributed by atoms with Crippen LogP contribution in [0.4, 0.5) is 0 Å². The number of hydrazine groups is 1. The molecular formula is C25H24N4O4S2. The fraction of sp³-hybridized carbons (Fsp3) is 0.200. The monoisotopic (exact) mass is 508 g/mol. The minimum Gasteiger partial charge on any atom is -0.361 e. The van der Waals surface area contributed by atoms with Gasteiger partial charge in [-0.05, 0) is 41.0 Å². The van der Waals surface area contributed by atoms with E-state index in [0.717, 1.165) is 31.5 Å². The summed E-state index contributed by atoms with van der Waals surface area (Å²) in [6.07, 6.45) is 2.05. The minimum atomic E-state index is -3.95. The molecule has 3 N–H and O–H groups in total.